The molecule has 0 saturated heterocycles. The second-order valence-electron chi connectivity index (χ2n) is 13.3. The summed E-state index contributed by atoms with van der Waals surface area (Å²) in [5.41, 5.74) is 0.488. The highest BCUT2D eigenvalue weighted by Gasteiger charge is 2.68. The largest absolute Gasteiger partial charge is 0.393 e. The molecule has 0 radical (unpaired) electrons. The molecular formula is C29H41NO5. The molecule has 0 aromatic carbocycles. The van der Waals surface area contributed by atoms with Gasteiger partial charge in [0, 0.05) is 11.8 Å². The van der Waals surface area contributed by atoms with Crippen LogP contribution in [0.25, 0.3) is 0 Å². The highest BCUT2D eigenvalue weighted by Crippen LogP contribution is 2.67. The molecule has 0 heterocycles. The summed E-state index contributed by atoms with van der Waals surface area (Å²) in [7, 11) is 0. The lowest BCUT2D eigenvalue weighted by Crippen LogP contribution is -2.62. The number of fused-ring (bicyclic) bond motifs is 5. The van der Waals surface area contributed by atoms with Crippen molar-refractivity contribution in [3.63, 3.8) is 0 Å². The highest BCUT2D eigenvalue weighted by molar-refractivity contribution is 5.92. The van der Waals surface area contributed by atoms with Gasteiger partial charge in [0.25, 0.3) is 0 Å². The van der Waals surface area contributed by atoms with Gasteiger partial charge in [-0.2, -0.15) is 0 Å². The fourth-order valence-corrected chi connectivity index (χ4v) is 9.29. The number of nitrogens with zero attached hydrogens (tertiary/aromatic N) is 1. The number of ketones is 2. The zero-order chi connectivity index (χ0) is 24.6. The maximum absolute atomic E-state index is 13.4. The Morgan fingerprint density at radius 2 is 1.80 bits per heavy atom. The molecule has 0 aromatic rings. The van der Waals surface area contributed by atoms with Crippen LogP contribution in [0.15, 0.2) is 16.8 Å². The molecule has 5 unspecified atom stereocenters. The van der Waals surface area contributed by atoms with Gasteiger partial charge in [-0.25, -0.2) is 0 Å². The molecule has 192 valence electrons. The molecule has 1 spiro atoms. The summed E-state index contributed by atoms with van der Waals surface area (Å²) in [4.78, 5) is 31.0. The van der Waals surface area contributed by atoms with Gasteiger partial charge in [0.2, 0.25) is 5.78 Å². The summed E-state index contributed by atoms with van der Waals surface area (Å²) in [6.07, 6.45) is 12.9. The van der Waals surface area contributed by atoms with Crippen molar-refractivity contribution in [1.29, 1.82) is 0 Å². The molecule has 5 fully saturated rings. The van der Waals surface area contributed by atoms with Gasteiger partial charge in [-0.1, -0.05) is 24.6 Å². The Kier molecular flexibility index (Phi) is 5.44. The van der Waals surface area contributed by atoms with Gasteiger partial charge in [0.05, 0.1) is 11.8 Å². The zero-order valence-electron chi connectivity index (χ0n) is 21.4. The normalized spacial score (nSPS) is 45.8. The van der Waals surface area contributed by atoms with Crippen LogP contribution in [-0.4, -0.2) is 45.8 Å². The van der Waals surface area contributed by atoms with Crippen LogP contribution in [0.5, 0.6) is 0 Å². The van der Waals surface area contributed by atoms with Gasteiger partial charge >= 0.3 is 0 Å². The number of Topliss-reactive ketones (excluding diaryl/α,β-unsaturated/α-hetero) is 1. The van der Waals surface area contributed by atoms with Crippen LogP contribution in [0.3, 0.4) is 0 Å². The summed E-state index contributed by atoms with van der Waals surface area (Å²) in [5, 5.41) is 27.6. The summed E-state index contributed by atoms with van der Waals surface area (Å²) >= 11 is 0. The van der Waals surface area contributed by atoms with Gasteiger partial charge in [-0.3, -0.25) is 9.59 Å². The van der Waals surface area contributed by atoms with Gasteiger partial charge in [-0.05, 0) is 112 Å². The monoisotopic (exact) mass is 483 g/mol. The van der Waals surface area contributed by atoms with Gasteiger partial charge < -0.3 is 15.1 Å². The molecule has 0 aliphatic heterocycles. The third-order valence-electron chi connectivity index (χ3n) is 11.7. The van der Waals surface area contributed by atoms with Crippen molar-refractivity contribution in [3.8, 4) is 0 Å². The number of aliphatic hydroxyl groups excluding tert-OH is 1. The lowest BCUT2D eigenvalue weighted by atomic mass is 9.45. The van der Waals surface area contributed by atoms with Crippen molar-refractivity contribution < 1.29 is 24.6 Å². The molecule has 6 aliphatic carbocycles. The second kappa shape index (κ2) is 7.98. The minimum absolute atomic E-state index is 0.0786. The Morgan fingerprint density at radius 3 is 2.51 bits per heavy atom. The Morgan fingerprint density at radius 1 is 1.06 bits per heavy atom. The Labute approximate surface area is 208 Å². The number of hydrogen-bond donors (Lipinski definition) is 2. The summed E-state index contributed by atoms with van der Waals surface area (Å²) in [6, 6.07) is 0. The molecule has 6 nitrogen and oxygen atoms in total. The third-order valence-corrected chi connectivity index (χ3v) is 11.7. The van der Waals surface area contributed by atoms with E-state index < -0.39 is 17.1 Å². The predicted molar refractivity (Wildman–Crippen MR) is 132 cm³/mol. The zero-order valence-corrected chi connectivity index (χ0v) is 21.4. The fraction of sp³-hybridized carbons (Fsp3) is 0.828. The van der Waals surface area contributed by atoms with Crippen molar-refractivity contribution in [3.05, 3.63) is 11.6 Å². The highest BCUT2D eigenvalue weighted by atomic mass is 16.6. The van der Waals surface area contributed by atoms with E-state index >= 15 is 0 Å². The first-order valence-corrected chi connectivity index (χ1v) is 14.0. The van der Waals surface area contributed by atoms with Gasteiger partial charge in [-0.15, -0.1) is 0 Å². The average Bonchev–Trinajstić information content (AvgIpc) is 3.52. The first-order valence-electron chi connectivity index (χ1n) is 14.0. The summed E-state index contributed by atoms with van der Waals surface area (Å²) in [6.45, 7) is 4.04. The topological polar surface area (TPSA) is 96.2 Å². The maximum Gasteiger partial charge on any atom is 0.204 e. The van der Waals surface area contributed by atoms with Crippen LogP contribution in [0.1, 0.15) is 97.3 Å². The van der Waals surface area contributed by atoms with E-state index in [2.05, 4.69) is 12.1 Å². The summed E-state index contributed by atoms with van der Waals surface area (Å²) in [5.74, 6) is 0.419. The molecule has 0 amide bonds. The number of aliphatic hydroxyl groups is 2. The van der Waals surface area contributed by atoms with Crippen LogP contribution in [-0.2, 0) is 14.4 Å². The third kappa shape index (κ3) is 3.53. The molecule has 0 bridgehead atoms. The second-order valence-corrected chi connectivity index (χ2v) is 13.3. The Hall–Kier alpha value is -1.53. The van der Waals surface area contributed by atoms with Crippen LogP contribution in [0.2, 0.25) is 0 Å². The van der Waals surface area contributed by atoms with E-state index in [-0.39, 0.29) is 41.3 Å². The molecule has 6 aliphatic rings. The van der Waals surface area contributed by atoms with Crippen LogP contribution in [0.4, 0.5) is 0 Å². The number of allylic oxidation sites excluding steroid dienone is 1. The number of oxime groups is 1. The average molecular weight is 484 g/mol. The first kappa shape index (κ1) is 23.8. The predicted octanol–water partition coefficient (Wildman–Crippen LogP) is 4.52. The lowest BCUT2D eigenvalue weighted by molar-refractivity contribution is -0.183. The van der Waals surface area contributed by atoms with Gasteiger partial charge in [0.15, 0.2) is 12.4 Å². The molecule has 5 saturated carbocycles. The molecule has 2 N–H and O–H groups in total. The number of carbonyl (C=O) groups is 2. The van der Waals surface area contributed by atoms with Crippen molar-refractivity contribution in [2.45, 2.75) is 109 Å². The van der Waals surface area contributed by atoms with Crippen molar-refractivity contribution in [1.82, 2.24) is 0 Å². The van der Waals surface area contributed by atoms with E-state index in [4.69, 9.17) is 4.84 Å². The molecule has 7 atom stereocenters. The standard InChI is InChI=1S/C29H41NO5/c1-26-9-7-20(31)15-18(26)3-4-21-22-8-12-29(34,27(22,2)16-23(32)25(21)26)24(33)17-35-30-19-5-10-28(11-6-19)13-14-28/h15,21-23,25,32,34H,3-14,16-17H2,1-2H3/t21?,22?,23-,25?,26?,27?,29-/m0/s1. The lowest BCUT2D eigenvalue weighted by Gasteiger charge is -2.60. The van der Waals surface area contributed by atoms with Crippen LogP contribution < -0.4 is 0 Å². The molecule has 6 heteroatoms. The van der Waals surface area contributed by atoms with Gasteiger partial charge in [0.1, 0.15) is 5.60 Å². The van der Waals surface area contributed by atoms with Crippen molar-refractivity contribution in [2.75, 3.05) is 6.61 Å². The van der Waals surface area contributed by atoms with E-state index in [1.165, 1.54) is 31.3 Å². The molecular weight excluding hydrogens is 442 g/mol. The SMILES string of the molecule is CC12CCC(=O)C=C1CCC1C2[C@@H](O)CC2(C)C1CC[C@]2(O)C(=O)CON=C1CCC2(CC1)CC2. The quantitative estimate of drug-likeness (QED) is 0.574. The maximum atomic E-state index is 13.4. The number of rotatable bonds is 4. The van der Waals surface area contributed by atoms with Crippen molar-refractivity contribution in [2.24, 2.45) is 39.2 Å². The molecule has 35 heavy (non-hydrogen) atoms. The number of hydrogen-bond acceptors (Lipinski definition) is 6. The van der Waals surface area contributed by atoms with E-state index in [0.29, 0.717) is 24.7 Å². The smallest absolute Gasteiger partial charge is 0.204 e. The van der Waals surface area contributed by atoms with E-state index in [1.54, 1.807) is 0 Å². The Balaban J connectivity index is 1.17. The minimum atomic E-state index is -1.49. The fourth-order valence-electron chi connectivity index (χ4n) is 9.29. The molecule has 0 aromatic heterocycles. The number of carbonyl (C=O) groups excluding carboxylic acids is 2. The van der Waals surface area contributed by atoms with E-state index in [9.17, 15) is 19.8 Å². The minimum Gasteiger partial charge on any atom is -0.393 e. The first-order chi connectivity index (χ1) is 16.6. The van der Waals surface area contributed by atoms with Crippen LogP contribution in [0, 0.1) is 34.0 Å². The van der Waals surface area contributed by atoms with Crippen molar-refractivity contribution >= 4 is 17.3 Å². The Bertz CT molecular complexity index is 985. The summed E-state index contributed by atoms with van der Waals surface area (Å²) < 4.78 is 0. The molecule has 6 rings (SSSR count). The van der Waals surface area contributed by atoms with E-state index in [1.807, 2.05) is 13.0 Å². The van der Waals surface area contributed by atoms with E-state index in [0.717, 1.165) is 44.2 Å². The van der Waals surface area contributed by atoms with Crippen LogP contribution >= 0.6 is 0 Å².